The van der Waals surface area contributed by atoms with Gasteiger partial charge < -0.3 is 0 Å². The molecule has 0 aliphatic carbocycles. The lowest BCUT2D eigenvalue weighted by Crippen LogP contribution is -2.25. The van der Waals surface area contributed by atoms with Crippen molar-refractivity contribution in [3.8, 4) is 0 Å². The highest BCUT2D eigenvalue weighted by Crippen LogP contribution is 2.19. The van der Waals surface area contributed by atoms with Crippen LogP contribution in [0.15, 0.2) is 29.2 Å². The van der Waals surface area contributed by atoms with Gasteiger partial charge in [-0.3, -0.25) is 4.18 Å². The van der Waals surface area contributed by atoms with Crippen LogP contribution in [0, 0.1) is 6.92 Å². The van der Waals surface area contributed by atoms with Crippen molar-refractivity contribution >= 4 is 10.1 Å². The van der Waals surface area contributed by atoms with Crippen molar-refractivity contribution in [1.82, 2.24) is 0 Å². The summed E-state index contributed by atoms with van der Waals surface area (Å²) in [6, 6.07) is 5.84. The number of hydrogen-bond donors (Lipinski definition) is 0. The minimum Gasteiger partial charge on any atom is -0.257 e. The van der Waals surface area contributed by atoms with Crippen molar-refractivity contribution in [3.63, 3.8) is 0 Å². The molecule has 0 bridgehead atoms. The maximum absolute atomic E-state index is 12.4. The van der Waals surface area contributed by atoms with Crippen molar-refractivity contribution in [2.24, 2.45) is 0 Å². The first-order chi connectivity index (χ1) is 7.86. The van der Waals surface area contributed by atoms with E-state index in [1.807, 2.05) is 0 Å². The molecule has 0 saturated heterocycles. The van der Waals surface area contributed by atoms with Gasteiger partial charge in [-0.25, -0.2) is 8.78 Å². The van der Waals surface area contributed by atoms with Gasteiger partial charge in [0.2, 0.25) is 0 Å². The molecule has 0 amide bonds. The smallest absolute Gasteiger partial charge is 0.257 e. The third-order valence-electron chi connectivity index (χ3n) is 2.24. The second-order valence-electron chi connectivity index (χ2n) is 3.64. The van der Waals surface area contributed by atoms with Gasteiger partial charge in [-0.1, -0.05) is 24.6 Å². The van der Waals surface area contributed by atoms with Gasteiger partial charge in [-0.2, -0.15) is 8.42 Å². The third-order valence-corrected chi connectivity index (χ3v) is 3.59. The van der Waals surface area contributed by atoms with Gasteiger partial charge in [0, 0.05) is 0 Å². The van der Waals surface area contributed by atoms with E-state index in [0.717, 1.165) is 5.56 Å². The topological polar surface area (TPSA) is 43.4 Å². The van der Waals surface area contributed by atoms with Crippen LogP contribution in [0.2, 0.25) is 0 Å². The minimum absolute atomic E-state index is 0.0667. The fourth-order valence-electron chi connectivity index (χ4n) is 1.21. The average molecular weight is 264 g/mol. The molecule has 1 unspecified atom stereocenters. The largest absolute Gasteiger partial charge is 0.297 e. The predicted octanol–water partition coefficient (Wildman–Crippen LogP) is 2.74. The molecule has 17 heavy (non-hydrogen) atoms. The number of alkyl halides is 2. The number of benzene rings is 1. The molecule has 0 aliphatic heterocycles. The summed E-state index contributed by atoms with van der Waals surface area (Å²) < 4.78 is 52.7. The molecule has 0 aromatic heterocycles. The summed E-state index contributed by atoms with van der Waals surface area (Å²) in [6.07, 6.45) is -4.48. The van der Waals surface area contributed by atoms with E-state index in [9.17, 15) is 17.2 Å². The quantitative estimate of drug-likeness (QED) is 0.768. The van der Waals surface area contributed by atoms with Crippen LogP contribution in [-0.4, -0.2) is 20.9 Å². The van der Waals surface area contributed by atoms with Crippen molar-refractivity contribution < 1.29 is 21.4 Å². The third kappa shape index (κ3) is 3.74. The Morgan fingerprint density at radius 2 is 1.76 bits per heavy atom. The van der Waals surface area contributed by atoms with Crippen molar-refractivity contribution in [3.05, 3.63) is 29.8 Å². The molecule has 0 aliphatic rings. The first-order valence-corrected chi connectivity index (χ1v) is 6.55. The van der Waals surface area contributed by atoms with Crippen LogP contribution in [0.25, 0.3) is 0 Å². The number of rotatable bonds is 5. The Bertz CT molecular complexity index is 454. The van der Waals surface area contributed by atoms with E-state index in [0.29, 0.717) is 0 Å². The molecule has 3 nitrogen and oxygen atoms in total. The lowest BCUT2D eigenvalue weighted by atomic mass is 10.2. The lowest BCUT2D eigenvalue weighted by Gasteiger charge is -2.14. The van der Waals surface area contributed by atoms with Crippen molar-refractivity contribution in [2.75, 3.05) is 0 Å². The number of aryl methyl sites for hydroxylation is 1. The fraction of sp³-hybridized carbons (Fsp3) is 0.455. The second-order valence-corrected chi connectivity index (χ2v) is 5.22. The van der Waals surface area contributed by atoms with E-state index >= 15 is 0 Å². The van der Waals surface area contributed by atoms with Crippen LogP contribution in [0.1, 0.15) is 18.9 Å². The van der Waals surface area contributed by atoms with Gasteiger partial charge in [-0.05, 0) is 25.5 Å². The molecule has 1 atom stereocenters. The van der Waals surface area contributed by atoms with Crippen LogP contribution in [0.3, 0.4) is 0 Å². The molecule has 6 heteroatoms. The normalized spacial score (nSPS) is 13.9. The van der Waals surface area contributed by atoms with Gasteiger partial charge in [0.15, 0.2) is 0 Å². The summed E-state index contributed by atoms with van der Waals surface area (Å²) in [5.74, 6) is 0. The Kier molecular flexibility index (Phi) is 4.59. The van der Waals surface area contributed by atoms with E-state index < -0.39 is 22.6 Å². The standard InChI is InChI=1S/C11H14F2O3S/c1-3-10(11(12)13)16-17(14,15)9-6-4-8(2)5-7-9/h4-7,10-11H,3H2,1-2H3. The molecule has 0 N–H and O–H groups in total. The van der Waals surface area contributed by atoms with Crippen LogP contribution < -0.4 is 0 Å². The zero-order chi connectivity index (χ0) is 13.1. The molecule has 0 saturated carbocycles. The summed E-state index contributed by atoms with van der Waals surface area (Å²) in [4.78, 5) is -0.109. The van der Waals surface area contributed by atoms with Gasteiger partial charge in [0.1, 0.15) is 6.10 Å². The Morgan fingerprint density at radius 3 is 2.18 bits per heavy atom. The molecule has 1 rings (SSSR count). The summed E-state index contributed by atoms with van der Waals surface area (Å²) in [5, 5.41) is 0. The summed E-state index contributed by atoms with van der Waals surface area (Å²) in [5.41, 5.74) is 0.879. The van der Waals surface area contributed by atoms with Gasteiger partial charge >= 0.3 is 0 Å². The van der Waals surface area contributed by atoms with Crippen LogP contribution in [0.5, 0.6) is 0 Å². The summed E-state index contributed by atoms with van der Waals surface area (Å²) in [7, 11) is -4.11. The molecule has 0 radical (unpaired) electrons. The lowest BCUT2D eigenvalue weighted by molar-refractivity contribution is 0.0135. The monoisotopic (exact) mass is 264 g/mol. The zero-order valence-corrected chi connectivity index (χ0v) is 10.4. The highest BCUT2D eigenvalue weighted by molar-refractivity contribution is 7.86. The molecule has 0 spiro atoms. The first kappa shape index (κ1) is 14.1. The Hall–Kier alpha value is -1.01. The molecule has 96 valence electrons. The van der Waals surface area contributed by atoms with Crippen molar-refractivity contribution in [1.29, 1.82) is 0 Å². The van der Waals surface area contributed by atoms with E-state index in [2.05, 4.69) is 4.18 Å². The van der Waals surface area contributed by atoms with Crippen molar-refractivity contribution in [2.45, 2.75) is 37.7 Å². The van der Waals surface area contributed by atoms with E-state index in [1.165, 1.54) is 19.1 Å². The average Bonchev–Trinajstić information content (AvgIpc) is 2.26. The van der Waals surface area contributed by atoms with E-state index in [4.69, 9.17) is 0 Å². The molecule has 1 aromatic rings. The predicted molar refractivity (Wildman–Crippen MR) is 59.5 cm³/mol. The Labute approximate surface area is 99.5 Å². The fourth-order valence-corrected chi connectivity index (χ4v) is 2.34. The van der Waals surface area contributed by atoms with E-state index in [1.54, 1.807) is 19.1 Å². The zero-order valence-electron chi connectivity index (χ0n) is 9.56. The molecule has 0 heterocycles. The molecule has 0 fully saturated rings. The van der Waals surface area contributed by atoms with Crippen LogP contribution in [0.4, 0.5) is 8.78 Å². The minimum atomic E-state index is -4.11. The highest BCUT2D eigenvalue weighted by Gasteiger charge is 2.27. The van der Waals surface area contributed by atoms with Gasteiger partial charge in [0.05, 0.1) is 4.90 Å². The molecular formula is C11H14F2O3S. The van der Waals surface area contributed by atoms with Crippen LogP contribution in [-0.2, 0) is 14.3 Å². The first-order valence-electron chi connectivity index (χ1n) is 5.15. The van der Waals surface area contributed by atoms with Gasteiger partial charge in [0.25, 0.3) is 16.5 Å². The SMILES string of the molecule is CCC(OS(=O)(=O)c1ccc(C)cc1)C(F)F. The Morgan fingerprint density at radius 1 is 1.24 bits per heavy atom. The number of hydrogen-bond acceptors (Lipinski definition) is 3. The second kappa shape index (κ2) is 5.55. The number of halogens is 2. The molecular weight excluding hydrogens is 250 g/mol. The maximum atomic E-state index is 12.4. The summed E-state index contributed by atoms with van der Waals surface area (Å²) >= 11 is 0. The summed E-state index contributed by atoms with van der Waals surface area (Å²) in [6.45, 7) is 3.24. The van der Waals surface area contributed by atoms with E-state index in [-0.39, 0.29) is 11.3 Å². The Balaban J connectivity index is 2.92. The maximum Gasteiger partial charge on any atom is 0.297 e. The van der Waals surface area contributed by atoms with Crippen LogP contribution >= 0.6 is 0 Å². The molecule has 1 aromatic carbocycles. The highest BCUT2D eigenvalue weighted by atomic mass is 32.2. The van der Waals surface area contributed by atoms with Gasteiger partial charge in [-0.15, -0.1) is 0 Å².